The molecule has 0 amide bonds. The Bertz CT molecular complexity index is 1390. The monoisotopic (exact) mass is 409 g/mol. The van der Waals surface area contributed by atoms with Gasteiger partial charge in [0.15, 0.2) is 5.65 Å². The van der Waals surface area contributed by atoms with Crippen molar-refractivity contribution in [2.75, 3.05) is 13.2 Å². The average Bonchev–Trinajstić information content (AvgIpc) is 3.42. The Morgan fingerprint density at radius 1 is 1.00 bits per heavy atom. The zero-order valence-corrected chi connectivity index (χ0v) is 17.4. The molecule has 0 unspecified atom stereocenters. The number of rotatable bonds is 3. The van der Waals surface area contributed by atoms with Crippen molar-refractivity contribution in [3.05, 3.63) is 66.6 Å². The number of hydrogen-bond acceptors (Lipinski definition) is 4. The first kappa shape index (κ1) is 18.3. The summed E-state index contributed by atoms with van der Waals surface area (Å²) in [4.78, 5) is 12.9. The molecule has 4 heterocycles. The second kappa shape index (κ2) is 7.32. The van der Waals surface area contributed by atoms with Gasteiger partial charge in [-0.1, -0.05) is 36.4 Å². The number of nitrogens with zero attached hydrogens (tertiary/aromatic N) is 4. The molecular weight excluding hydrogens is 386 g/mol. The fourth-order valence-corrected chi connectivity index (χ4v) is 4.59. The number of ether oxygens (including phenoxy) is 1. The molecule has 154 valence electrons. The van der Waals surface area contributed by atoms with Crippen LogP contribution in [0.3, 0.4) is 0 Å². The Hall–Kier alpha value is -3.51. The minimum Gasteiger partial charge on any atom is -0.381 e. The molecular formula is C25H23N5O. The van der Waals surface area contributed by atoms with Gasteiger partial charge < -0.3 is 9.72 Å². The molecule has 2 aromatic carbocycles. The minimum absolute atomic E-state index is 0.387. The lowest BCUT2D eigenvalue weighted by molar-refractivity contribution is 0.0657. The Labute approximate surface area is 179 Å². The summed E-state index contributed by atoms with van der Waals surface area (Å²) in [7, 11) is 0. The third-order valence-corrected chi connectivity index (χ3v) is 6.29. The molecule has 1 N–H and O–H groups in total. The van der Waals surface area contributed by atoms with Crippen LogP contribution in [-0.2, 0) is 4.74 Å². The molecule has 5 aromatic rings. The summed E-state index contributed by atoms with van der Waals surface area (Å²) in [6.07, 6.45) is 5.74. The van der Waals surface area contributed by atoms with E-state index in [2.05, 4.69) is 69.1 Å². The fourth-order valence-electron chi connectivity index (χ4n) is 4.59. The van der Waals surface area contributed by atoms with Crippen LogP contribution in [0, 0.1) is 6.92 Å². The van der Waals surface area contributed by atoms with Crippen LogP contribution >= 0.6 is 0 Å². The SMILES string of the molecule is Cc1c(-c2nc3nccc(-c4ccc5ccccc5c4)c3[nH]2)cnn1C1CCOCC1. The second-order valence-corrected chi connectivity index (χ2v) is 8.14. The van der Waals surface area contributed by atoms with E-state index in [1.807, 2.05) is 18.5 Å². The van der Waals surface area contributed by atoms with Gasteiger partial charge >= 0.3 is 0 Å². The van der Waals surface area contributed by atoms with Gasteiger partial charge in [0.2, 0.25) is 0 Å². The van der Waals surface area contributed by atoms with Crippen LogP contribution in [0.5, 0.6) is 0 Å². The summed E-state index contributed by atoms with van der Waals surface area (Å²) in [5.41, 5.74) is 6.07. The van der Waals surface area contributed by atoms with Crippen LogP contribution in [0.4, 0.5) is 0 Å². The molecule has 0 bridgehead atoms. The number of aromatic amines is 1. The number of pyridine rings is 1. The molecule has 6 rings (SSSR count). The molecule has 0 aliphatic carbocycles. The van der Waals surface area contributed by atoms with Gasteiger partial charge in [0.25, 0.3) is 0 Å². The smallest absolute Gasteiger partial charge is 0.178 e. The number of fused-ring (bicyclic) bond motifs is 2. The summed E-state index contributed by atoms with van der Waals surface area (Å²) >= 11 is 0. The maximum Gasteiger partial charge on any atom is 0.178 e. The van der Waals surface area contributed by atoms with Crippen LogP contribution in [0.25, 0.3) is 44.5 Å². The maximum absolute atomic E-state index is 5.51. The molecule has 31 heavy (non-hydrogen) atoms. The molecule has 0 radical (unpaired) electrons. The summed E-state index contributed by atoms with van der Waals surface area (Å²) < 4.78 is 7.63. The Morgan fingerprint density at radius 3 is 2.71 bits per heavy atom. The minimum atomic E-state index is 0.387. The van der Waals surface area contributed by atoms with Crippen molar-refractivity contribution in [2.45, 2.75) is 25.8 Å². The zero-order valence-electron chi connectivity index (χ0n) is 17.4. The zero-order chi connectivity index (χ0) is 20.8. The van der Waals surface area contributed by atoms with Crippen molar-refractivity contribution in [3.8, 4) is 22.5 Å². The summed E-state index contributed by atoms with van der Waals surface area (Å²) in [5.74, 6) is 0.812. The standard InChI is InChI=1S/C25H23N5O/c1-16-22(15-27-30(16)20-9-12-31-13-10-20)24-28-23-21(8-11-26-25(23)29-24)19-7-6-17-4-2-3-5-18(17)14-19/h2-8,11,14-15,20H,9-10,12-13H2,1H3,(H,26,28,29). The molecule has 1 fully saturated rings. The van der Waals surface area contributed by atoms with E-state index in [0.29, 0.717) is 6.04 Å². The van der Waals surface area contributed by atoms with Crippen LogP contribution in [0.2, 0.25) is 0 Å². The topological polar surface area (TPSA) is 68.6 Å². The molecule has 0 atom stereocenters. The van der Waals surface area contributed by atoms with Crippen molar-refractivity contribution in [2.24, 2.45) is 0 Å². The highest BCUT2D eigenvalue weighted by molar-refractivity contribution is 5.95. The number of hydrogen-bond donors (Lipinski definition) is 1. The van der Waals surface area contributed by atoms with Gasteiger partial charge in [-0.3, -0.25) is 4.68 Å². The molecule has 6 heteroatoms. The van der Waals surface area contributed by atoms with E-state index in [9.17, 15) is 0 Å². The highest BCUT2D eigenvalue weighted by Crippen LogP contribution is 2.32. The van der Waals surface area contributed by atoms with Gasteiger partial charge in [-0.15, -0.1) is 0 Å². The molecule has 1 aliphatic heterocycles. The summed E-state index contributed by atoms with van der Waals surface area (Å²) in [5, 5.41) is 7.14. The first-order valence-corrected chi connectivity index (χ1v) is 10.7. The van der Waals surface area contributed by atoms with Crippen LogP contribution in [0.15, 0.2) is 60.9 Å². The quantitative estimate of drug-likeness (QED) is 0.439. The van der Waals surface area contributed by atoms with Crippen LogP contribution in [-0.4, -0.2) is 37.9 Å². The second-order valence-electron chi connectivity index (χ2n) is 8.14. The number of benzene rings is 2. The van der Waals surface area contributed by atoms with Gasteiger partial charge in [0, 0.05) is 30.7 Å². The first-order chi connectivity index (χ1) is 15.3. The molecule has 6 nitrogen and oxygen atoms in total. The molecule has 0 spiro atoms. The lowest BCUT2D eigenvalue weighted by atomic mass is 10.0. The van der Waals surface area contributed by atoms with E-state index in [1.54, 1.807) is 0 Å². The highest BCUT2D eigenvalue weighted by atomic mass is 16.5. The van der Waals surface area contributed by atoms with Gasteiger partial charge in [0.05, 0.1) is 23.3 Å². The Balaban J connectivity index is 1.43. The maximum atomic E-state index is 5.51. The third kappa shape index (κ3) is 3.11. The van der Waals surface area contributed by atoms with Crippen molar-refractivity contribution in [1.82, 2.24) is 24.7 Å². The van der Waals surface area contributed by atoms with Crippen molar-refractivity contribution in [1.29, 1.82) is 0 Å². The fraction of sp³-hybridized carbons (Fsp3) is 0.240. The van der Waals surface area contributed by atoms with E-state index < -0.39 is 0 Å². The molecule has 0 saturated carbocycles. The predicted molar refractivity (Wildman–Crippen MR) is 122 cm³/mol. The van der Waals surface area contributed by atoms with Crippen LogP contribution < -0.4 is 0 Å². The van der Waals surface area contributed by atoms with E-state index in [1.165, 1.54) is 10.8 Å². The largest absolute Gasteiger partial charge is 0.381 e. The highest BCUT2D eigenvalue weighted by Gasteiger charge is 2.21. The van der Waals surface area contributed by atoms with Crippen molar-refractivity contribution in [3.63, 3.8) is 0 Å². The average molecular weight is 409 g/mol. The molecule has 1 saturated heterocycles. The van der Waals surface area contributed by atoms with E-state index in [-0.39, 0.29) is 0 Å². The third-order valence-electron chi connectivity index (χ3n) is 6.29. The summed E-state index contributed by atoms with van der Waals surface area (Å²) in [6.45, 7) is 3.70. The lowest BCUT2D eigenvalue weighted by Crippen LogP contribution is -2.21. The van der Waals surface area contributed by atoms with Crippen molar-refractivity contribution >= 4 is 21.9 Å². The van der Waals surface area contributed by atoms with E-state index in [4.69, 9.17) is 9.72 Å². The van der Waals surface area contributed by atoms with Gasteiger partial charge in [0.1, 0.15) is 5.82 Å². The van der Waals surface area contributed by atoms with E-state index >= 15 is 0 Å². The van der Waals surface area contributed by atoms with Gasteiger partial charge in [-0.2, -0.15) is 5.10 Å². The molecule has 1 aliphatic rings. The van der Waals surface area contributed by atoms with Gasteiger partial charge in [-0.25, -0.2) is 9.97 Å². The molecule has 3 aromatic heterocycles. The number of aromatic nitrogens is 5. The number of H-pyrrole nitrogens is 1. The number of nitrogens with one attached hydrogen (secondary N) is 1. The lowest BCUT2D eigenvalue weighted by Gasteiger charge is -2.23. The summed E-state index contributed by atoms with van der Waals surface area (Å²) in [6, 6.07) is 17.4. The predicted octanol–water partition coefficient (Wildman–Crippen LogP) is 5.30. The number of imidazole rings is 1. The van der Waals surface area contributed by atoms with Gasteiger partial charge in [-0.05, 0) is 48.2 Å². The van der Waals surface area contributed by atoms with E-state index in [0.717, 1.165) is 65.4 Å². The first-order valence-electron chi connectivity index (χ1n) is 10.7. The normalized spacial score (nSPS) is 15.1. The Morgan fingerprint density at radius 2 is 1.84 bits per heavy atom. The Kier molecular flexibility index (Phi) is 4.32. The van der Waals surface area contributed by atoms with Crippen molar-refractivity contribution < 1.29 is 4.74 Å². The van der Waals surface area contributed by atoms with Crippen LogP contribution in [0.1, 0.15) is 24.6 Å².